The van der Waals surface area contributed by atoms with Gasteiger partial charge in [-0.2, -0.15) is 0 Å². The Morgan fingerprint density at radius 3 is 3.00 bits per heavy atom. The summed E-state index contributed by atoms with van der Waals surface area (Å²) in [6.07, 6.45) is 2.71. The van der Waals surface area contributed by atoms with Gasteiger partial charge in [0.25, 0.3) is 0 Å². The molecule has 4 heteroatoms. The zero-order valence-corrected chi connectivity index (χ0v) is 10.0. The molecule has 0 aromatic carbocycles. The number of ether oxygens (including phenoxy) is 2. The summed E-state index contributed by atoms with van der Waals surface area (Å²) >= 11 is 0. The van der Waals surface area contributed by atoms with Crippen molar-refractivity contribution in [3.63, 3.8) is 0 Å². The summed E-state index contributed by atoms with van der Waals surface area (Å²) in [6.45, 7) is 4.98. The standard InChI is InChI=1S/C12H20N2O2/c1-3-13-12-11(6-4-7-14-12)10-16-9-5-8-15-2/h4,6-7H,3,5,8-10H2,1-2H3,(H,13,14). The molecule has 0 spiro atoms. The van der Waals surface area contributed by atoms with Crippen LogP contribution in [-0.2, 0) is 16.1 Å². The van der Waals surface area contributed by atoms with Crippen LogP contribution in [0.2, 0.25) is 0 Å². The maximum Gasteiger partial charge on any atom is 0.131 e. The van der Waals surface area contributed by atoms with Gasteiger partial charge >= 0.3 is 0 Å². The minimum atomic E-state index is 0.597. The molecule has 1 heterocycles. The lowest BCUT2D eigenvalue weighted by Gasteiger charge is -2.09. The first-order chi connectivity index (χ1) is 7.88. The number of rotatable bonds is 8. The topological polar surface area (TPSA) is 43.4 Å². The second-order valence-electron chi connectivity index (χ2n) is 3.44. The molecule has 1 rings (SSSR count). The van der Waals surface area contributed by atoms with Gasteiger partial charge in [0.2, 0.25) is 0 Å². The Bertz CT molecular complexity index is 292. The molecule has 4 nitrogen and oxygen atoms in total. The van der Waals surface area contributed by atoms with E-state index in [1.807, 2.05) is 12.1 Å². The van der Waals surface area contributed by atoms with E-state index in [9.17, 15) is 0 Å². The highest BCUT2D eigenvalue weighted by Gasteiger charge is 2.01. The summed E-state index contributed by atoms with van der Waals surface area (Å²) < 4.78 is 10.5. The van der Waals surface area contributed by atoms with Gasteiger partial charge in [-0.05, 0) is 19.4 Å². The number of aromatic nitrogens is 1. The average Bonchev–Trinajstić information content (AvgIpc) is 2.31. The molecule has 0 fully saturated rings. The van der Waals surface area contributed by atoms with E-state index in [1.54, 1.807) is 13.3 Å². The molecule has 0 radical (unpaired) electrons. The molecule has 1 aromatic heterocycles. The second-order valence-corrected chi connectivity index (χ2v) is 3.44. The summed E-state index contributed by atoms with van der Waals surface area (Å²) in [5.74, 6) is 0.914. The monoisotopic (exact) mass is 224 g/mol. The van der Waals surface area contributed by atoms with Gasteiger partial charge in [0, 0.05) is 38.6 Å². The molecule has 0 aliphatic rings. The van der Waals surface area contributed by atoms with Crippen LogP contribution in [0.5, 0.6) is 0 Å². The number of hydrogen-bond acceptors (Lipinski definition) is 4. The SMILES string of the molecule is CCNc1ncccc1COCCCOC. The van der Waals surface area contributed by atoms with Gasteiger partial charge in [-0.3, -0.25) is 0 Å². The molecule has 1 N–H and O–H groups in total. The lowest BCUT2D eigenvalue weighted by Crippen LogP contribution is -2.05. The highest BCUT2D eigenvalue weighted by Crippen LogP contribution is 2.12. The molecule has 90 valence electrons. The van der Waals surface area contributed by atoms with Gasteiger partial charge in [0.05, 0.1) is 6.61 Å². The third kappa shape index (κ3) is 4.59. The van der Waals surface area contributed by atoms with E-state index < -0.39 is 0 Å². The summed E-state index contributed by atoms with van der Waals surface area (Å²) in [4.78, 5) is 4.27. The molecule has 0 unspecified atom stereocenters. The van der Waals surface area contributed by atoms with Crippen LogP contribution in [0.15, 0.2) is 18.3 Å². The smallest absolute Gasteiger partial charge is 0.131 e. The zero-order chi connectivity index (χ0) is 11.6. The van der Waals surface area contributed by atoms with Crippen LogP contribution in [0.4, 0.5) is 5.82 Å². The first-order valence-electron chi connectivity index (χ1n) is 5.63. The van der Waals surface area contributed by atoms with E-state index in [1.165, 1.54) is 0 Å². The van der Waals surface area contributed by atoms with Crippen LogP contribution < -0.4 is 5.32 Å². The van der Waals surface area contributed by atoms with E-state index in [4.69, 9.17) is 9.47 Å². The van der Waals surface area contributed by atoms with Crippen LogP contribution >= 0.6 is 0 Å². The normalized spacial score (nSPS) is 10.4. The van der Waals surface area contributed by atoms with Crippen molar-refractivity contribution < 1.29 is 9.47 Å². The number of methoxy groups -OCH3 is 1. The van der Waals surface area contributed by atoms with Crippen molar-refractivity contribution in [2.75, 3.05) is 32.2 Å². The number of hydrogen-bond donors (Lipinski definition) is 1. The first-order valence-corrected chi connectivity index (χ1v) is 5.63. The van der Waals surface area contributed by atoms with Crippen molar-refractivity contribution in [3.8, 4) is 0 Å². The average molecular weight is 224 g/mol. The molecule has 0 amide bonds. The minimum Gasteiger partial charge on any atom is -0.385 e. The minimum absolute atomic E-state index is 0.597. The Morgan fingerprint density at radius 1 is 1.38 bits per heavy atom. The predicted octanol–water partition coefficient (Wildman–Crippen LogP) is 2.07. The largest absolute Gasteiger partial charge is 0.385 e. The fraction of sp³-hybridized carbons (Fsp3) is 0.583. The van der Waals surface area contributed by atoms with E-state index in [0.29, 0.717) is 13.2 Å². The summed E-state index contributed by atoms with van der Waals surface area (Å²) in [6, 6.07) is 3.95. The van der Waals surface area contributed by atoms with Gasteiger partial charge in [0.15, 0.2) is 0 Å². The lowest BCUT2D eigenvalue weighted by atomic mass is 10.2. The number of pyridine rings is 1. The van der Waals surface area contributed by atoms with Crippen molar-refractivity contribution in [2.45, 2.75) is 20.0 Å². The van der Waals surface area contributed by atoms with E-state index in [-0.39, 0.29) is 0 Å². The van der Waals surface area contributed by atoms with Crippen molar-refractivity contribution in [1.29, 1.82) is 0 Å². The molecule has 0 atom stereocenters. The van der Waals surface area contributed by atoms with Gasteiger partial charge in [0.1, 0.15) is 5.82 Å². The molecule has 0 aliphatic heterocycles. The van der Waals surface area contributed by atoms with Crippen LogP contribution in [0, 0.1) is 0 Å². The Kier molecular flexibility index (Phi) is 6.53. The van der Waals surface area contributed by atoms with E-state index >= 15 is 0 Å². The lowest BCUT2D eigenvalue weighted by molar-refractivity contribution is 0.0930. The van der Waals surface area contributed by atoms with Crippen LogP contribution in [-0.4, -0.2) is 31.9 Å². The second kappa shape index (κ2) is 8.07. The van der Waals surface area contributed by atoms with Crippen LogP contribution in [0.25, 0.3) is 0 Å². The maximum absolute atomic E-state index is 5.55. The van der Waals surface area contributed by atoms with Crippen molar-refractivity contribution in [3.05, 3.63) is 23.9 Å². The summed E-state index contributed by atoms with van der Waals surface area (Å²) in [5, 5.41) is 3.21. The molecule has 0 bridgehead atoms. The Labute approximate surface area is 97.0 Å². The van der Waals surface area contributed by atoms with Crippen LogP contribution in [0.1, 0.15) is 18.9 Å². The van der Waals surface area contributed by atoms with Crippen molar-refractivity contribution in [1.82, 2.24) is 4.98 Å². The van der Waals surface area contributed by atoms with E-state index in [0.717, 1.165) is 31.0 Å². The molecule has 16 heavy (non-hydrogen) atoms. The highest BCUT2D eigenvalue weighted by atomic mass is 16.5. The third-order valence-electron chi connectivity index (χ3n) is 2.13. The molecule has 0 aliphatic carbocycles. The van der Waals surface area contributed by atoms with Gasteiger partial charge < -0.3 is 14.8 Å². The molecule has 0 saturated heterocycles. The number of nitrogens with zero attached hydrogens (tertiary/aromatic N) is 1. The molecular formula is C12H20N2O2. The van der Waals surface area contributed by atoms with Crippen molar-refractivity contribution in [2.24, 2.45) is 0 Å². The molecule has 0 saturated carbocycles. The summed E-state index contributed by atoms with van der Waals surface area (Å²) in [5.41, 5.74) is 1.10. The molecular weight excluding hydrogens is 204 g/mol. The van der Waals surface area contributed by atoms with E-state index in [2.05, 4.69) is 17.2 Å². The summed E-state index contributed by atoms with van der Waals surface area (Å²) in [7, 11) is 1.70. The quantitative estimate of drug-likeness (QED) is 0.686. The van der Waals surface area contributed by atoms with Gasteiger partial charge in [-0.25, -0.2) is 4.98 Å². The van der Waals surface area contributed by atoms with Gasteiger partial charge in [-0.1, -0.05) is 6.07 Å². The predicted molar refractivity (Wildman–Crippen MR) is 64.5 cm³/mol. The zero-order valence-electron chi connectivity index (χ0n) is 10.0. The molecule has 1 aromatic rings. The van der Waals surface area contributed by atoms with Crippen LogP contribution in [0.3, 0.4) is 0 Å². The van der Waals surface area contributed by atoms with Gasteiger partial charge in [-0.15, -0.1) is 0 Å². The third-order valence-corrected chi connectivity index (χ3v) is 2.13. The Balaban J connectivity index is 2.34. The maximum atomic E-state index is 5.55. The fourth-order valence-electron chi connectivity index (χ4n) is 1.37. The highest BCUT2D eigenvalue weighted by molar-refractivity contribution is 5.42. The number of anilines is 1. The fourth-order valence-corrected chi connectivity index (χ4v) is 1.37. The number of nitrogens with one attached hydrogen (secondary N) is 1. The Morgan fingerprint density at radius 2 is 2.25 bits per heavy atom. The van der Waals surface area contributed by atoms with Crippen molar-refractivity contribution >= 4 is 5.82 Å². The Hall–Kier alpha value is -1.13. The first kappa shape index (κ1) is 12.9.